The summed E-state index contributed by atoms with van der Waals surface area (Å²) < 4.78 is 13.1. The summed E-state index contributed by atoms with van der Waals surface area (Å²) in [5, 5.41) is 5.13. The molecule has 0 spiro atoms. The summed E-state index contributed by atoms with van der Waals surface area (Å²) in [4.78, 5) is 13.1. The Morgan fingerprint density at radius 3 is 2.43 bits per heavy atom. The van der Waals surface area contributed by atoms with E-state index < -0.39 is 0 Å². The number of nitrogens with two attached hydrogens (primary N) is 1. The molecule has 3 N–H and O–H groups in total. The molecule has 0 saturated carbocycles. The second-order valence-electron chi connectivity index (χ2n) is 7.10. The van der Waals surface area contributed by atoms with Gasteiger partial charge in [0.15, 0.2) is 6.04 Å². The van der Waals surface area contributed by atoms with Crippen molar-refractivity contribution in [3.05, 3.63) is 101 Å². The highest BCUT2D eigenvalue weighted by molar-refractivity contribution is 5.95. The third-order valence-electron chi connectivity index (χ3n) is 4.84. The second kappa shape index (κ2) is 9.29. The lowest BCUT2D eigenvalue weighted by Crippen LogP contribution is -2.87. The standard InChI is InChI=1S/C24H25FN2O/c1-17-8-9-18(2)22(16-17)27-24(28)23(20-6-4-3-5-7-20)26-15-14-19-10-12-21(25)13-11-19/h3-13,16,23,26H,14-15H2,1-2H3,(H,27,28)/p+1/t23-/m0/s1. The fourth-order valence-electron chi connectivity index (χ4n) is 3.20. The summed E-state index contributed by atoms with van der Waals surface area (Å²) in [7, 11) is 0. The molecular formula is C24H26FN2O+. The van der Waals surface area contributed by atoms with E-state index >= 15 is 0 Å². The fraction of sp³-hybridized carbons (Fsp3) is 0.208. The first-order valence-corrected chi connectivity index (χ1v) is 9.54. The van der Waals surface area contributed by atoms with Crippen molar-refractivity contribution in [3.8, 4) is 0 Å². The number of quaternary nitrogens is 1. The molecule has 3 aromatic rings. The first-order valence-electron chi connectivity index (χ1n) is 9.54. The fourth-order valence-corrected chi connectivity index (χ4v) is 3.20. The van der Waals surface area contributed by atoms with Gasteiger partial charge in [0.1, 0.15) is 5.82 Å². The lowest BCUT2D eigenvalue weighted by atomic mass is 10.0. The largest absolute Gasteiger partial charge is 0.332 e. The first-order chi connectivity index (χ1) is 13.5. The van der Waals surface area contributed by atoms with E-state index in [0.29, 0.717) is 0 Å². The topological polar surface area (TPSA) is 45.7 Å². The van der Waals surface area contributed by atoms with Crippen LogP contribution in [0.1, 0.15) is 28.3 Å². The molecule has 0 heterocycles. The SMILES string of the molecule is Cc1ccc(C)c(NC(=O)[C@@H]([NH2+]CCc2ccc(F)cc2)c2ccccc2)c1. The van der Waals surface area contributed by atoms with E-state index in [1.54, 1.807) is 12.1 Å². The van der Waals surface area contributed by atoms with Crippen LogP contribution in [0.4, 0.5) is 10.1 Å². The molecule has 1 atom stereocenters. The quantitative estimate of drug-likeness (QED) is 0.644. The number of hydrogen-bond acceptors (Lipinski definition) is 1. The number of halogens is 1. The Bertz CT molecular complexity index is 923. The molecule has 28 heavy (non-hydrogen) atoms. The number of nitrogens with one attached hydrogen (secondary N) is 1. The van der Waals surface area contributed by atoms with E-state index in [0.717, 1.165) is 40.9 Å². The molecule has 1 amide bonds. The van der Waals surface area contributed by atoms with Crippen molar-refractivity contribution >= 4 is 11.6 Å². The van der Waals surface area contributed by atoms with Gasteiger partial charge in [-0.25, -0.2) is 4.39 Å². The number of carbonyl (C=O) groups excluding carboxylic acids is 1. The molecule has 0 fully saturated rings. The molecule has 0 saturated heterocycles. The van der Waals surface area contributed by atoms with Crippen LogP contribution in [0, 0.1) is 19.7 Å². The van der Waals surface area contributed by atoms with Crippen LogP contribution in [0.3, 0.4) is 0 Å². The van der Waals surface area contributed by atoms with Gasteiger partial charge in [0, 0.05) is 17.7 Å². The molecule has 0 aliphatic carbocycles. The van der Waals surface area contributed by atoms with E-state index in [4.69, 9.17) is 0 Å². The molecule has 3 rings (SSSR count). The van der Waals surface area contributed by atoms with Gasteiger partial charge in [-0.1, -0.05) is 54.6 Å². The second-order valence-corrected chi connectivity index (χ2v) is 7.10. The molecule has 0 aliphatic rings. The molecule has 0 radical (unpaired) electrons. The van der Waals surface area contributed by atoms with E-state index in [1.165, 1.54) is 12.1 Å². The van der Waals surface area contributed by atoms with Crippen molar-refractivity contribution in [2.75, 3.05) is 11.9 Å². The smallest absolute Gasteiger partial charge is 0.287 e. The molecule has 3 aromatic carbocycles. The molecule has 0 unspecified atom stereocenters. The molecular weight excluding hydrogens is 351 g/mol. The number of carbonyl (C=O) groups is 1. The summed E-state index contributed by atoms with van der Waals surface area (Å²) in [6.45, 7) is 4.73. The predicted octanol–water partition coefficient (Wildman–Crippen LogP) is 3.93. The minimum Gasteiger partial charge on any atom is -0.332 e. The lowest BCUT2D eigenvalue weighted by molar-refractivity contribution is -0.682. The van der Waals surface area contributed by atoms with Gasteiger partial charge in [0.25, 0.3) is 5.91 Å². The highest BCUT2D eigenvalue weighted by Gasteiger charge is 2.24. The summed E-state index contributed by atoms with van der Waals surface area (Å²) in [5.41, 5.74) is 5.01. The van der Waals surface area contributed by atoms with E-state index in [1.807, 2.05) is 67.7 Å². The van der Waals surface area contributed by atoms with E-state index in [9.17, 15) is 9.18 Å². The highest BCUT2D eigenvalue weighted by atomic mass is 19.1. The Hall–Kier alpha value is -2.98. The maximum absolute atomic E-state index is 13.1. The minimum absolute atomic E-state index is 0.0426. The number of anilines is 1. The maximum atomic E-state index is 13.1. The molecule has 0 aromatic heterocycles. The molecule has 3 nitrogen and oxygen atoms in total. The Morgan fingerprint density at radius 1 is 1.00 bits per heavy atom. The Morgan fingerprint density at radius 2 is 1.71 bits per heavy atom. The van der Waals surface area contributed by atoms with Gasteiger partial charge in [0.2, 0.25) is 0 Å². The average molecular weight is 377 g/mol. The Balaban J connectivity index is 1.72. The van der Waals surface area contributed by atoms with E-state index in [2.05, 4.69) is 5.32 Å². The van der Waals surface area contributed by atoms with Gasteiger partial charge in [-0.15, -0.1) is 0 Å². The van der Waals surface area contributed by atoms with Crippen molar-refractivity contribution in [1.82, 2.24) is 0 Å². The van der Waals surface area contributed by atoms with Crippen LogP contribution < -0.4 is 10.6 Å². The van der Waals surface area contributed by atoms with Crippen molar-refractivity contribution in [1.29, 1.82) is 0 Å². The van der Waals surface area contributed by atoms with E-state index in [-0.39, 0.29) is 17.8 Å². The Labute approximate surface area is 165 Å². The Kier molecular flexibility index (Phi) is 6.56. The third-order valence-corrected chi connectivity index (χ3v) is 4.84. The van der Waals surface area contributed by atoms with Crippen LogP contribution in [-0.4, -0.2) is 12.5 Å². The zero-order valence-electron chi connectivity index (χ0n) is 16.3. The van der Waals surface area contributed by atoms with Crippen molar-refractivity contribution in [2.45, 2.75) is 26.3 Å². The zero-order chi connectivity index (χ0) is 19.9. The zero-order valence-corrected chi connectivity index (χ0v) is 16.3. The number of hydrogen-bond donors (Lipinski definition) is 2. The van der Waals surface area contributed by atoms with Crippen LogP contribution >= 0.6 is 0 Å². The summed E-state index contributed by atoms with van der Waals surface area (Å²) >= 11 is 0. The predicted molar refractivity (Wildman–Crippen MR) is 111 cm³/mol. The number of benzene rings is 3. The molecule has 4 heteroatoms. The van der Waals surface area contributed by atoms with Gasteiger partial charge in [-0.3, -0.25) is 4.79 Å². The van der Waals surface area contributed by atoms with Gasteiger partial charge in [-0.05, 0) is 48.7 Å². The monoisotopic (exact) mass is 377 g/mol. The van der Waals surface area contributed by atoms with Crippen LogP contribution in [-0.2, 0) is 11.2 Å². The third kappa shape index (κ3) is 5.27. The average Bonchev–Trinajstić information content (AvgIpc) is 2.70. The molecule has 144 valence electrons. The summed E-state index contributed by atoms with van der Waals surface area (Å²) in [6, 6.07) is 22.0. The normalized spacial score (nSPS) is 11.8. The first kappa shape index (κ1) is 19.8. The van der Waals surface area contributed by atoms with Crippen LogP contribution in [0.5, 0.6) is 0 Å². The number of aryl methyl sites for hydroxylation is 2. The highest BCUT2D eigenvalue weighted by Crippen LogP contribution is 2.18. The van der Waals surface area contributed by atoms with Gasteiger partial charge in [-0.2, -0.15) is 0 Å². The van der Waals surface area contributed by atoms with Gasteiger partial charge < -0.3 is 10.6 Å². The van der Waals surface area contributed by atoms with Gasteiger partial charge in [0.05, 0.1) is 6.54 Å². The number of rotatable bonds is 7. The summed E-state index contributed by atoms with van der Waals surface area (Å²) in [5.74, 6) is -0.276. The molecule has 0 aliphatic heterocycles. The minimum atomic E-state index is -0.346. The van der Waals surface area contributed by atoms with Crippen LogP contribution in [0.2, 0.25) is 0 Å². The van der Waals surface area contributed by atoms with Crippen LogP contribution in [0.25, 0.3) is 0 Å². The van der Waals surface area contributed by atoms with Gasteiger partial charge >= 0.3 is 0 Å². The summed E-state index contributed by atoms with van der Waals surface area (Å²) in [6.07, 6.45) is 0.764. The number of amides is 1. The lowest BCUT2D eigenvalue weighted by Gasteiger charge is -2.17. The van der Waals surface area contributed by atoms with Crippen molar-refractivity contribution < 1.29 is 14.5 Å². The van der Waals surface area contributed by atoms with Crippen LogP contribution in [0.15, 0.2) is 72.8 Å². The molecule has 0 bridgehead atoms. The van der Waals surface area contributed by atoms with Crippen molar-refractivity contribution in [2.24, 2.45) is 0 Å². The van der Waals surface area contributed by atoms with Crippen molar-refractivity contribution in [3.63, 3.8) is 0 Å². The maximum Gasteiger partial charge on any atom is 0.287 e.